The molecular formula is C24H32N6S. The predicted molar refractivity (Wildman–Crippen MR) is 131 cm³/mol. The van der Waals surface area contributed by atoms with Crippen molar-refractivity contribution in [3.8, 4) is 0 Å². The van der Waals surface area contributed by atoms with Gasteiger partial charge in [0.2, 0.25) is 5.95 Å². The lowest BCUT2D eigenvalue weighted by molar-refractivity contribution is 0.326. The molecule has 2 N–H and O–H groups in total. The average Bonchev–Trinajstić information content (AvgIpc) is 2.80. The number of anilines is 2. The topological polar surface area (TPSA) is 66.0 Å². The number of para-hydroxylation sites is 1. The molecule has 2 heterocycles. The normalized spacial score (nSPS) is 18.8. The van der Waals surface area contributed by atoms with Crippen LogP contribution in [0, 0.1) is 5.92 Å². The van der Waals surface area contributed by atoms with E-state index in [-0.39, 0.29) is 0 Å². The van der Waals surface area contributed by atoms with E-state index in [4.69, 9.17) is 9.97 Å². The summed E-state index contributed by atoms with van der Waals surface area (Å²) in [5.41, 5.74) is 0.991. The molecule has 0 bridgehead atoms. The second-order valence-electron chi connectivity index (χ2n) is 8.36. The SMILES string of the molecule is CN(C)c1nc(N[C@H]2CC[C@@H](CNCCSc3ccccn3)CC2)nc2ccccc12. The van der Waals surface area contributed by atoms with Crippen LogP contribution in [0.15, 0.2) is 53.7 Å². The molecule has 1 fully saturated rings. The van der Waals surface area contributed by atoms with Crippen molar-refractivity contribution in [3.05, 3.63) is 48.7 Å². The highest BCUT2D eigenvalue weighted by Gasteiger charge is 2.22. The minimum Gasteiger partial charge on any atom is -0.362 e. The first-order valence-corrected chi connectivity index (χ1v) is 12.1. The van der Waals surface area contributed by atoms with Crippen LogP contribution in [0.5, 0.6) is 0 Å². The largest absolute Gasteiger partial charge is 0.362 e. The summed E-state index contributed by atoms with van der Waals surface area (Å²) in [6.45, 7) is 2.13. The third-order valence-corrected chi connectivity index (χ3v) is 6.73. The Morgan fingerprint density at radius 1 is 1.00 bits per heavy atom. The fourth-order valence-corrected chi connectivity index (χ4v) is 4.89. The van der Waals surface area contributed by atoms with E-state index in [0.29, 0.717) is 6.04 Å². The van der Waals surface area contributed by atoms with Gasteiger partial charge in [0.15, 0.2) is 0 Å². The van der Waals surface area contributed by atoms with Gasteiger partial charge in [-0.2, -0.15) is 4.98 Å². The maximum Gasteiger partial charge on any atom is 0.225 e. The van der Waals surface area contributed by atoms with E-state index in [0.717, 1.165) is 52.5 Å². The van der Waals surface area contributed by atoms with Crippen LogP contribution in [-0.2, 0) is 0 Å². The van der Waals surface area contributed by atoms with Crippen LogP contribution in [0.3, 0.4) is 0 Å². The van der Waals surface area contributed by atoms with Gasteiger partial charge in [-0.05, 0) is 62.4 Å². The standard InChI is InChI=1S/C24H32N6S/c1-30(2)23-20-7-3-4-8-21(20)28-24(29-23)27-19-12-10-18(11-13-19)17-25-15-16-31-22-9-5-6-14-26-22/h3-9,14,18-19,25H,10-13,15-17H2,1-2H3,(H,27,28,29)/t18-,19+. The minimum absolute atomic E-state index is 0.451. The molecule has 164 valence electrons. The molecule has 0 amide bonds. The molecule has 4 rings (SSSR count). The molecule has 0 spiro atoms. The van der Waals surface area contributed by atoms with Crippen LogP contribution in [-0.4, -0.2) is 53.9 Å². The Balaban J connectivity index is 1.21. The van der Waals surface area contributed by atoms with Crippen molar-refractivity contribution < 1.29 is 0 Å². The Morgan fingerprint density at radius 2 is 1.81 bits per heavy atom. The number of nitrogens with one attached hydrogen (secondary N) is 2. The molecule has 0 saturated heterocycles. The van der Waals surface area contributed by atoms with Crippen molar-refractivity contribution in [1.82, 2.24) is 20.3 Å². The number of fused-ring (bicyclic) bond motifs is 1. The maximum absolute atomic E-state index is 4.79. The molecule has 0 radical (unpaired) electrons. The first-order chi connectivity index (χ1) is 15.2. The highest BCUT2D eigenvalue weighted by atomic mass is 32.2. The highest BCUT2D eigenvalue weighted by molar-refractivity contribution is 7.99. The molecule has 0 atom stereocenters. The van der Waals surface area contributed by atoms with Gasteiger partial charge in [0, 0.05) is 44.0 Å². The number of benzene rings is 1. The molecule has 0 aliphatic heterocycles. The molecule has 1 aliphatic carbocycles. The van der Waals surface area contributed by atoms with E-state index in [2.05, 4.69) is 38.7 Å². The molecule has 3 aromatic rings. The van der Waals surface area contributed by atoms with Crippen LogP contribution in [0.1, 0.15) is 25.7 Å². The summed E-state index contributed by atoms with van der Waals surface area (Å²) < 4.78 is 0. The fraction of sp³-hybridized carbons (Fsp3) is 0.458. The minimum atomic E-state index is 0.451. The number of nitrogens with zero attached hydrogens (tertiary/aromatic N) is 4. The van der Waals surface area contributed by atoms with Crippen LogP contribution >= 0.6 is 11.8 Å². The Hall–Kier alpha value is -2.38. The monoisotopic (exact) mass is 436 g/mol. The summed E-state index contributed by atoms with van der Waals surface area (Å²) in [6.07, 6.45) is 6.68. The molecule has 2 aromatic heterocycles. The van der Waals surface area contributed by atoms with Crippen LogP contribution in [0.25, 0.3) is 10.9 Å². The molecule has 1 aromatic carbocycles. The van der Waals surface area contributed by atoms with E-state index in [1.54, 1.807) is 0 Å². The van der Waals surface area contributed by atoms with E-state index >= 15 is 0 Å². The van der Waals surface area contributed by atoms with Gasteiger partial charge in [0.25, 0.3) is 0 Å². The van der Waals surface area contributed by atoms with Gasteiger partial charge in [-0.3, -0.25) is 0 Å². The number of hydrogen-bond acceptors (Lipinski definition) is 7. The van der Waals surface area contributed by atoms with E-state index in [1.807, 2.05) is 56.3 Å². The van der Waals surface area contributed by atoms with Gasteiger partial charge in [-0.25, -0.2) is 9.97 Å². The summed E-state index contributed by atoms with van der Waals surface area (Å²) in [4.78, 5) is 16.0. The highest BCUT2D eigenvalue weighted by Crippen LogP contribution is 2.28. The van der Waals surface area contributed by atoms with Crippen LogP contribution < -0.4 is 15.5 Å². The Morgan fingerprint density at radius 3 is 2.58 bits per heavy atom. The second-order valence-corrected chi connectivity index (χ2v) is 9.48. The van der Waals surface area contributed by atoms with Crippen LogP contribution in [0.2, 0.25) is 0 Å². The zero-order valence-corrected chi connectivity index (χ0v) is 19.2. The lowest BCUT2D eigenvalue weighted by Crippen LogP contribution is -2.32. The summed E-state index contributed by atoms with van der Waals surface area (Å²) in [7, 11) is 4.07. The summed E-state index contributed by atoms with van der Waals surface area (Å²) in [6, 6.07) is 14.7. The third kappa shape index (κ3) is 6.08. The van der Waals surface area contributed by atoms with Crippen molar-refractivity contribution in [2.45, 2.75) is 36.8 Å². The van der Waals surface area contributed by atoms with E-state index in [9.17, 15) is 0 Å². The number of hydrogen-bond donors (Lipinski definition) is 2. The van der Waals surface area contributed by atoms with Gasteiger partial charge >= 0.3 is 0 Å². The Kier molecular flexibility index (Phi) is 7.59. The number of thioether (sulfide) groups is 1. The molecule has 31 heavy (non-hydrogen) atoms. The molecule has 1 saturated carbocycles. The molecule has 7 heteroatoms. The summed E-state index contributed by atoms with van der Waals surface area (Å²) >= 11 is 1.81. The Labute approximate surface area is 189 Å². The molecule has 1 aliphatic rings. The lowest BCUT2D eigenvalue weighted by atomic mass is 9.86. The molecule has 6 nitrogen and oxygen atoms in total. The Bertz CT molecular complexity index is 957. The number of rotatable bonds is 9. The van der Waals surface area contributed by atoms with Gasteiger partial charge < -0.3 is 15.5 Å². The fourth-order valence-electron chi connectivity index (χ4n) is 4.13. The predicted octanol–water partition coefficient (Wildman–Crippen LogP) is 4.44. The quantitative estimate of drug-likeness (QED) is 0.380. The summed E-state index contributed by atoms with van der Waals surface area (Å²) in [5, 5.41) is 9.43. The van der Waals surface area contributed by atoms with Gasteiger partial charge in [-0.15, -0.1) is 11.8 Å². The zero-order valence-electron chi connectivity index (χ0n) is 18.4. The third-order valence-electron chi connectivity index (χ3n) is 5.79. The second kappa shape index (κ2) is 10.8. The zero-order chi connectivity index (χ0) is 21.5. The van der Waals surface area contributed by atoms with Gasteiger partial charge in [0.1, 0.15) is 5.82 Å². The average molecular weight is 437 g/mol. The van der Waals surface area contributed by atoms with E-state index < -0.39 is 0 Å². The smallest absolute Gasteiger partial charge is 0.225 e. The molecule has 0 unspecified atom stereocenters. The first-order valence-electron chi connectivity index (χ1n) is 11.1. The van der Waals surface area contributed by atoms with Crippen molar-refractivity contribution in [1.29, 1.82) is 0 Å². The van der Waals surface area contributed by atoms with Gasteiger partial charge in [-0.1, -0.05) is 18.2 Å². The van der Waals surface area contributed by atoms with Gasteiger partial charge in [0.05, 0.1) is 10.5 Å². The van der Waals surface area contributed by atoms with Crippen molar-refractivity contribution in [2.24, 2.45) is 5.92 Å². The van der Waals surface area contributed by atoms with Crippen molar-refractivity contribution in [3.63, 3.8) is 0 Å². The van der Waals surface area contributed by atoms with E-state index in [1.165, 1.54) is 25.7 Å². The van der Waals surface area contributed by atoms with Crippen molar-refractivity contribution in [2.75, 3.05) is 43.2 Å². The summed E-state index contributed by atoms with van der Waals surface area (Å²) in [5.74, 6) is 3.53. The maximum atomic E-state index is 4.79. The number of pyridine rings is 1. The van der Waals surface area contributed by atoms with Crippen molar-refractivity contribution >= 4 is 34.4 Å². The number of aromatic nitrogens is 3. The first kappa shape index (κ1) is 21.8. The lowest BCUT2D eigenvalue weighted by Gasteiger charge is -2.29. The van der Waals surface area contributed by atoms with Crippen LogP contribution in [0.4, 0.5) is 11.8 Å². The molecular weight excluding hydrogens is 404 g/mol.